The molecule has 0 aliphatic carbocycles. The number of nitrogen functional groups attached to an aromatic ring is 1. The van der Waals surface area contributed by atoms with E-state index in [1.807, 2.05) is 12.1 Å². The molecule has 1 heterocycles. The van der Waals surface area contributed by atoms with Crippen LogP contribution in [0.5, 0.6) is 0 Å². The number of nitrogens with two attached hydrogens (primary N) is 1. The third-order valence-corrected chi connectivity index (χ3v) is 5.22. The third-order valence-electron chi connectivity index (χ3n) is 3.85. The molecule has 2 rings (SSSR count). The summed E-state index contributed by atoms with van der Waals surface area (Å²) in [5.41, 5.74) is 7.96. The van der Waals surface area contributed by atoms with Crippen molar-refractivity contribution in [3.05, 3.63) is 29.8 Å². The largest absolute Gasteiger partial charge is 0.399 e. The van der Waals surface area contributed by atoms with Gasteiger partial charge in [-0.1, -0.05) is 26.0 Å². The molecule has 0 spiro atoms. The predicted molar refractivity (Wildman–Crippen MR) is 86.8 cm³/mol. The molecule has 0 aromatic heterocycles. The van der Waals surface area contributed by atoms with Crippen molar-refractivity contribution in [2.45, 2.75) is 37.9 Å². The van der Waals surface area contributed by atoms with Gasteiger partial charge in [0, 0.05) is 22.7 Å². The highest BCUT2D eigenvalue weighted by Crippen LogP contribution is 2.30. The summed E-state index contributed by atoms with van der Waals surface area (Å²) in [5.74, 6) is 1.27. The Kier molecular flexibility index (Phi) is 5.17. The fourth-order valence-electron chi connectivity index (χ4n) is 2.48. The van der Waals surface area contributed by atoms with Crippen LogP contribution in [0.25, 0.3) is 0 Å². The number of aryl methyl sites for hydroxylation is 1. The molecule has 2 nitrogen and oxygen atoms in total. The number of hydrogen-bond acceptors (Lipinski definition) is 3. The van der Waals surface area contributed by atoms with Crippen LogP contribution in [-0.2, 0) is 6.42 Å². The Labute approximate surface area is 121 Å². The average Bonchev–Trinajstić information content (AvgIpc) is 2.53. The van der Waals surface area contributed by atoms with Crippen LogP contribution in [-0.4, -0.2) is 35.0 Å². The molecule has 0 atom stereocenters. The molecule has 2 N–H and O–H groups in total. The zero-order valence-corrected chi connectivity index (χ0v) is 13.0. The molecule has 0 amide bonds. The Morgan fingerprint density at radius 3 is 2.68 bits per heavy atom. The number of anilines is 1. The molecule has 0 bridgehead atoms. The Hall–Kier alpha value is -0.670. The lowest BCUT2D eigenvalue weighted by Gasteiger charge is -2.22. The van der Waals surface area contributed by atoms with Gasteiger partial charge in [-0.25, -0.2) is 0 Å². The first kappa shape index (κ1) is 14.7. The maximum absolute atomic E-state index is 5.70. The second kappa shape index (κ2) is 6.67. The normalized spacial score (nSPS) is 20.1. The van der Waals surface area contributed by atoms with E-state index in [1.165, 1.54) is 43.8 Å². The maximum Gasteiger partial charge on any atom is 0.0314 e. The number of rotatable bonds is 4. The summed E-state index contributed by atoms with van der Waals surface area (Å²) in [6, 6.07) is 8.30. The van der Waals surface area contributed by atoms with E-state index in [9.17, 15) is 0 Å². The zero-order valence-electron chi connectivity index (χ0n) is 12.2. The summed E-state index contributed by atoms with van der Waals surface area (Å²) < 4.78 is 0.464. The van der Waals surface area contributed by atoms with Crippen LogP contribution in [0.2, 0.25) is 0 Å². The first-order valence-corrected chi connectivity index (χ1v) is 8.24. The minimum absolute atomic E-state index is 0.464. The fraction of sp³-hybridized carbons (Fsp3) is 0.625. The van der Waals surface area contributed by atoms with Crippen molar-refractivity contribution in [2.24, 2.45) is 0 Å². The molecule has 106 valence electrons. The van der Waals surface area contributed by atoms with Gasteiger partial charge in [0.2, 0.25) is 0 Å². The van der Waals surface area contributed by atoms with Crippen molar-refractivity contribution in [3.63, 3.8) is 0 Å². The van der Waals surface area contributed by atoms with Gasteiger partial charge in [-0.2, -0.15) is 11.8 Å². The summed E-state index contributed by atoms with van der Waals surface area (Å²) in [5, 5.41) is 0. The van der Waals surface area contributed by atoms with Crippen LogP contribution < -0.4 is 5.73 Å². The Bertz CT molecular complexity index is 386. The Balaban J connectivity index is 1.72. The van der Waals surface area contributed by atoms with E-state index in [4.69, 9.17) is 5.73 Å². The van der Waals surface area contributed by atoms with Crippen LogP contribution in [0.3, 0.4) is 0 Å². The lowest BCUT2D eigenvalue weighted by Crippen LogP contribution is -2.28. The van der Waals surface area contributed by atoms with Crippen LogP contribution >= 0.6 is 11.8 Å². The lowest BCUT2D eigenvalue weighted by atomic mass is 10.1. The van der Waals surface area contributed by atoms with Gasteiger partial charge in [-0.15, -0.1) is 0 Å². The third kappa shape index (κ3) is 5.07. The SMILES string of the molecule is CC1(C)CCN(CCCc2ccc(N)cc2)CCS1. The summed E-state index contributed by atoms with van der Waals surface area (Å²) in [7, 11) is 0. The standard InChI is InChI=1S/C16H26N2S/c1-16(2)9-11-18(12-13-19-16)10-3-4-14-5-7-15(17)8-6-14/h5-8H,3-4,9-13,17H2,1-2H3. The van der Waals surface area contributed by atoms with Gasteiger partial charge >= 0.3 is 0 Å². The minimum atomic E-state index is 0.464. The van der Waals surface area contributed by atoms with Crippen molar-refractivity contribution >= 4 is 17.4 Å². The number of benzene rings is 1. The van der Waals surface area contributed by atoms with Gasteiger partial charge in [0.15, 0.2) is 0 Å². The first-order valence-electron chi connectivity index (χ1n) is 7.26. The van der Waals surface area contributed by atoms with Gasteiger partial charge in [0.1, 0.15) is 0 Å². The van der Waals surface area contributed by atoms with Crippen molar-refractivity contribution in [3.8, 4) is 0 Å². The molecule has 1 aromatic carbocycles. The summed E-state index contributed by atoms with van der Waals surface area (Å²) in [4.78, 5) is 2.62. The van der Waals surface area contributed by atoms with Crippen LogP contribution in [0.4, 0.5) is 5.69 Å². The molecular weight excluding hydrogens is 252 g/mol. The van der Waals surface area contributed by atoms with Gasteiger partial charge in [-0.3, -0.25) is 0 Å². The smallest absolute Gasteiger partial charge is 0.0314 e. The number of hydrogen-bond donors (Lipinski definition) is 1. The number of thioether (sulfide) groups is 1. The number of nitrogens with zero attached hydrogens (tertiary/aromatic N) is 1. The summed E-state index contributed by atoms with van der Waals surface area (Å²) in [6.45, 7) is 8.46. The highest BCUT2D eigenvalue weighted by atomic mass is 32.2. The second-order valence-corrected chi connectivity index (χ2v) is 7.85. The summed E-state index contributed by atoms with van der Waals surface area (Å²) >= 11 is 2.12. The van der Waals surface area contributed by atoms with E-state index in [1.54, 1.807) is 0 Å². The van der Waals surface area contributed by atoms with Gasteiger partial charge in [0.05, 0.1) is 0 Å². The minimum Gasteiger partial charge on any atom is -0.399 e. The maximum atomic E-state index is 5.70. The Morgan fingerprint density at radius 1 is 1.21 bits per heavy atom. The fourth-order valence-corrected chi connectivity index (χ4v) is 3.61. The summed E-state index contributed by atoms with van der Waals surface area (Å²) in [6.07, 6.45) is 3.71. The topological polar surface area (TPSA) is 29.3 Å². The van der Waals surface area contributed by atoms with Crippen LogP contribution in [0.15, 0.2) is 24.3 Å². The zero-order chi connectivity index (χ0) is 13.7. The molecule has 1 saturated heterocycles. The average molecular weight is 278 g/mol. The molecule has 0 unspecified atom stereocenters. The van der Waals surface area contributed by atoms with Crippen molar-refractivity contribution in [1.82, 2.24) is 4.90 Å². The molecular formula is C16H26N2S. The van der Waals surface area contributed by atoms with Gasteiger partial charge in [-0.05, 0) is 50.0 Å². The lowest BCUT2D eigenvalue weighted by molar-refractivity contribution is 0.281. The molecule has 1 aliphatic heterocycles. The van der Waals surface area contributed by atoms with Crippen LogP contribution in [0, 0.1) is 0 Å². The molecule has 0 saturated carbocycles. The Morgan fingerprint density at radius 2 is 1.95 bits per heavy atom. The van der Waals surface area contributed by atoms with E-state index in [-0.39, 0.29) is 0 Å². The van der Waals surface area contributed by atoms with E-state index >= 15 is 0 Å². The predicted octanol–water partition coefficient (Wildman–Crippen LogP) is 3.42. The van der Waals surface area contributed by atoms with Crippen molar-refractivity contribution in [1.29, 1.82) is 0 Å². The molecule has 1 aliphatic rings. The van der Waals surface area contributed by atoms with E-state index in [0.717, 1.165) is 12.1 Å². The highest BCUT2D eigenvalue weighted by molar-refractivity contribution is 8.00. The molecule has 1 aromatic rings. The van der Waals surface area contributed by atoms with Gasteiger partial charge < -0.3 is 10.6 Å². The molecule has 19 heavy (non-hydrogen) atoms. The first-order chi connectivity index (χ1) is 9.05. The monoisotopic (exact) mass is 278 g/mol. The van der Waals surface area contributed by atoms with Crippen molar-refractivity contribution in [2.75, 3.05) is 31.1 Å². The van der Waals surface area contributed by atoms with E-state index in [0.29, 0.717) is 4.75 Å². The molecule has 0 radical (unpaired) electrons. The quantitative estimate of drug-likeness (QED) is 0.856. The van der Waals surface area contributed by atoms with Crippen molar-refractivity contribution < 1.29 is 0 Å². The molecule has 1 fully saturated rings. The van der Waals surface area contributed by atoms with E-state index in [2.05, 4.69) is 42.6 Å². The highest BCUT2D eigenvalue weighted by Gasteiger charge is 2.23. The van der Waals surface area contributed by atoms with E-state index < -0.39 is 0 Å². The van der Waals surface area contributed by atoms with Crippen LogP contribution in [0.1, 0.15) is 32.3 Å². The second-order valence-electron chi connectivity index (χ2n) is 6.04. The van der Waals surface area contributed by atoms with Gasteiger partial charge in [0.25, 0.3) is 0 Å². The molecule has 3 heteroatoms.